The van der Waals surface area contributed by atoms with Crippen molar-refractivity contribution in [1.29, 1.82) is 0 Å². The zero-order valence-corrected chi connectivity index (χ0v) is 16.6. The number of hydrogen-bond acceptors (Lipinski definition) is 7. The highest BCUT2D eigenvalue weighted by atomic mass is 16.5. The van der Waals surface area contributed by atoms with E-state index in [1.807, 2.05) is 24.7 Å². The Labute approximate surface area is 169 Å². The van der Waals surface area contributed by atoms with Crippen LogP contribution in [-0.4, -0.2) is 66.0 Å². The van der Waals surface area contributed by atoms with Gasteiger partial charge in [-0.1, -0.05) is 0 Å². The Kier molecular flexibility index (Phi) is 5.03. The molecular weight excluding hydrogens is 370 g/mol. The number of nitrogens with zero attached hydrogens (tertiary/aromatic N) is 5. The van der Waals surface area contributed by atoms with Gasteiger partial charge < -0.3 is 19.1 Å². The van der Waals surface area contributed by atoms with Crippen LogP contribution in [0.25, 0.3) is 16.9 Å². The summed E-state index contributed by atoms with van der Waals surface area (Å²) in [6.07, 6.45) is 8.09. The highest BCUT2D eigenvalue weighted by molar-refractivity contribution is 5.74. The summed E-state index contributed by atoms with van der Waals surface area (Å²) in [6, 6.07) is 3.96. The summed E-state index contributed by atoms with van der Waals surface area (Å²) in [5.41, 5.74) is 4.20. The molecule has 0 unspecified atom stereocenters. The monoisotopic (exact) mass is 395 g/mol. The first-order chi connectivity index (χ1) is 14.3. The van der Waals surface area contributed by atoms with Crippen LogP contribution in [0.4, 0.5) is 5.82 Å². The molecule has 1 aliphatic heterocycles. The molecule has 2 fully saturated rings. The van der Waals surface area contributed by atoms with E-state index in [9.17, 15) is 0 Å². The predicted molar refractivity (Wildman–Crippen MR) is 109 cm³/mol. The molecule has 5 rings (SSSR count). The summed E-state index contributed by atoms with van der Waals surface area (Å²) in [5, 5.41) is 0. The number of morpholine rings is 1. The molecule has 0 bridgehead atoms. The molecule has 1 saturated carbocycles. The van der Waals surface area contributed by atoms with Crippen LogP contribution < -0.4 is 9.64 Å². The third-order valence-electron chi connectivity index (χ3n) is 5.37. The average Bonchev–Trinajstić information content (AvgIpc) is 3.55. The van der Waals surface area contributed by atoms with E-state index in [4.69, 9.17) is 19.2 Å². The summed E-state index contributed by atoms with van der Waals surface area (Å²) in [7, 11) is 1.66. The molecular formula is C21H25N5O3. The van der Waals surface area contributed by atoms with E-state index >= 15 is 0 Å². The molecule has 2 aliphatic rings. The molecule has 1 aliphatic carbocycles. The zero-order valence-electron chi connectivity index (χ0n) is 16.6. The molecule has 0 amide bonds. The molecule has 1 saturated heterocycles. The molecule has 0 spiro atoms. The Balaban J connectivity index is 1.53. The molecule has 3 aromatic rings. The summed E-state index contributed by atoms with van der Waals surface area (Å²) in [5.74, 6) is 2.04. The summed E-state index contributed by atoms with van der Waals surface area (Å²) < 4.78 is 18.3. The summed E-state index contributed by atoms with van der Waals surface area (Å²) in [4.78, 5) is 16.5. The number of rotatable bonds is 7. The molecule has 4 heterocycles. The van der Waals surface area contributed by atoms with Gasteiger partial charge in [0.15, 0.2) is 11.5 Å². The van der Waals surface area contributed by atoms with Gasteiger partial charge >= 0.3 is 0 Å². The predicted octanol–water partition coefficient (Wildman–Crippen LogP) is 2.53. The fourth-order valence-electron chi connectivity index (χ4n) is 3.74. The molecule has 0 aromatic carbocycles. The smallest absolute Gasteiger partial charge is 0.213 e. The highest BCUT2D eigenvalue weighted by Crippen LogP contribution is 2.44. The van der Waals surface area contributed by atoms with Crippen molar-refractivity contribution in [3.8, 4) is 17.1 Å². The van der Waals surface area contributed by atoms with Crippen LogP contribution in [0, 0.1) is 0 Å². The lowest BCUT2D eigenvalue weighted by atomic mass is 10.1. The SMILES string of the molecule is COCCOc1ccc(-c2c(C3CC3)nc3c(N4CCOCC4)nccn23)cn1. The maximum absolute atomic E-state index is 5.61. The third-order valence-corrected chi connectivity index (χ3v) is 5.37. The number of hydrogen-bond donors (Lipinski definition) is 0. The lowest BCUT2D eigenvalue weighted by Crippen LogP contribution is -2.37. The molecule has 8 nitrogen and oxygen atoms in total. The lowest BCUT2D eigenvalue weighted by molar-refractivity contribution is 0.122. The van der Waals surface area contributed by atoms with Crippen LogP contribution in [0.15, 0.2) is 30.7 Å². The Morgan fingerprint density at radius 3 is 2.72 bits per heavy atom. The van der Waals surface area contributed by atoms with E-state index in [1.54, 1.807) is 7.11 Å². The molecule has 3 aromatic heterocycles. The van der Waals surface area contributed by atoms with Gasteiger partial charge in [-0.2, -0.15) is 0 Å². The molecule has 152 valence electrons. The maximum Gasteiger partial charge on any atom is 0.213 e. The second-order valence-corrected chi connectivity index (χ2v) is 7.39. The van der Waals surface area contributed by atoms with Crippen molar-refractivity contribution in [2.45, 2.75) is 18.8 Å². The summed E-state index contributed by atoms with van der Waals surface area (Å²) >= 11 is 0. The van der Waals surface area contributed by atoms with Gasteiger partial charge in [0.25, 0.3) is 0 Å². The number of ether oxygens (including phenoxy) is 3. The Morgan fingerprint density at radius 1 is 1.14 bits per heavy atom. The van der Waals surface area contributed by atoms with E-state index < -0.39 is 0 Å². The Bertz CT molecular complexity index is 978. The van der Waals surface area contributed by atoms with Crippen molar-refractivity contribution in [3.63, 3.8) is 0 Å². The number of imidazole rings is 1. The molecule has 8 heteroatoms. The van der Waals surface area contributed by atoms with Gasteiger partial charge in [-0.15, -0.1) is 0 Å². The third kappa shape index (κ3) is 3.65. The molecule has 0 radical (unpaired) electrons. The number of pyridine rings is 1. The fraction of sp³-hybridized carbons (Fsp3) is 0.476. The second kappa shape index (κ2) is 7.96. The van der Waals surface area contributed by atoms with Crippen molar-refractivity contribution >= 4 is 11.5 Å². The molecule has 29 heavy (non-hydrogen) atoms. The van der Waals surface area contributed by atoms with Crippen LogP contribution in [0.3, 0.4) is 0 Å². The topological polar surface area (TPSA) is 74.0 Å². The van der Waals surface area contributed by atoms with Crippen molar-refractivity contribution in [1.82, 2.24) is 19.4 Å². The minimum Gasteiger partial charge on any atom is -0.475 e. The quantitative estimate of drug-likeness (QED) is 0.569. The molecule has 0 atom stereocenters. The normalized spacial score (nSPS) is 17.1. The van der Waals surface area contributed by atoms with Gasteiger partial charge in [-0.25, -0.2) is 15.0 Å². The second-order valence-electron chi connectivity index (χ2n) is 7.39. The van der Waals surface area contributed by atoms with E-state index in [-0.39, 0.29) is 0 Å². The van der Waals surface area contributed by atoms with E-state index in [1.165, 1.54) is 12.8 Å². The fourth-order valence-corrected chi connectivity index (χ4v) is 3.74. The lowest BCUT2D eigenvalue weighted by Gasteiger charge is -2.27. The van der Waals surface area contributed by atoms with Crippen molar-refractivity contribution < 1.29 is 14.2 Å². The minimum absolute atomic E-state index is 0.486. The van der Waals surface area contributed by atoms with Gasteiger partial charge in [0, 0.05) is 56.3 Å². The largest absolute Gasteiger partial charge is 0.475 e. The maximum atomic E-state index is 5.61. The first-order valence-corrected chi connectivity index (χ1v) is 10.1. The van der Waals surface area contributed by atoms with Crippen molar-refractivity contribution in [2.24, 2.45) is 0 Å². The van der Waals surface area contributed by atoms with Gasteiger partial charge in [0.05, 0.1) is 31.2 Å². The van der Waals surface area contributed by atoms with Crippen LogP contribution >= 0.6 is 0 Å². The van der Waals surface area contributed by atoms with Crippen molar-refractivity contribution in [3.05, 3.63) is 36.4 Å². The average molecular weight is 395 g/mol. The van der Waals surface area contributed by atoms with E-state index in [2.05, 4.69) is 25.3 Å². The van der Waals surface area contributed by atoms with Gasteiger partial charge in [-0.3, -0.25) is 4.40 Å². The van der Waals surface area contributed by atoms with Gasteiger partial charge in [0.1, 0.15) is 6.61 Å². The van der Waals surface area contributed by atoms with Crippen LogP contribution in [0.2, 0.25) is 0 Å². The Hall–Kier alpha value is -2.71. The minimum atomic E-state index is 0.486. The first-order valence-electron chi connectivity index (χ1n) is 10.1. The zero-order chi connectivity index (χ0) is 19.6. The van der Waals surface area contributed by atoms with E-state index in [0.29, 0.717) is 25.0 Å². The van der Waals surface area contributed by atoms with Crippen LogP contribution in [0.1, 0.15) is 24.5 Å². The van der Waals surface area contributed by atoms with Crippen molar-refractivity contribution in [2.75, 3.05) is 51.5 Å². The summed E-state index contributed by atoms with van der Waals surface area (Å²) in [6.45, 7) is 4.14. The van der Waals surface area contributed by atoms with Gasteiger partial charge in [0.2, 0.25) is 5.88 Å². The van der Waals surface area contributed by atoms with Crippen LogP contribution in [-0.2, 0) is 9.47 Å². The van der Waals surface area contributed by atoms with E-state index in [0.717, 1.165) is 54.7 Å². The molecule has 0 N–H and O–H groups in total. The number of aromatic nitrogens is 4. The number of methoxy groups -OCH3 is 1. The first kappa shape index (κ1) is 18.3. The highest BCUT2D eigenvalue weighted by Gasteiger charge is 2.32. The Morgan fingerprint density at radius 2 is 2.00 bits per heavy atom. The number of fused-ring (bicyclic) bond motifs is 1. The van der Waals surface area contributed by atoms with Gasteiger partial charge in [-0.05, 0) is 18.9 Å². The number of anilines is 1. The standard InChI is InChI=1S/C21H25N5O3/c1-27-12-13-29-17-5-4-16(14-23-17)19-18(15-2-3-15)24-21-20(22-6-7-26(19)21)25-8-10-28-11-9-25/h4-7,14-15H,2-3,8-13H2,1H3. The van der Waals surface area contributed by atoms with Crippen LogP contribution in [0.5, 0.6) is 5.88 Å².